The average molecular weight is 213 g/mol. The molecule has 0 aromatic rings. The predicted octanol–water partition coefficient (Wildman–Crippen LogP) is 3.11. The number of rotatable bonds is 8. The summed E-state index contributed by atoms with van der Waals surface area (Å²) in [4.78, 5) is 13.3. The van der Waals surface area contributed by atoms with Gasteiger partial charge in [0, 0.05) is 18.0 Å². The fourth-order valence-electron chi connectivity index (χ4n) is 1.65. The minimum atomic E-state index is -0.212. The summed E-state index contributed by atoms with van der Waals surface area (Å²) in [5.41, 5.74) is -0.212. The molecule has 0 heterocycles. The summed E-state index contributed by atoms with van der Waals surface area (Å²) in [6.45, 7) is 12.6. The van der Waals surface area contributed by atoms with Crippen LogP contribution < -0.4 is 0 Å². The lowest BCUT2D eigenvalue weighted by atomic mass is 9.94. The van der Waals surface area contributed by atoms with Gasteiger partial charge in [0.15, 0.2) is 0 Å². The van der Waals surface area contributed by atoms with Crippen LogP contribution in [0.4, 0.5) is 0 Å². The van der Waals surface area contributed by atoms with E-state index in [2.05, 4.69) is 25.7 Å². The van der Waals surface area contributed by atoms with Crippen molar-refractivity contribution in [2.75, 3.05) is 13.1 Å². The summed E-state index contributed by atoms with van der Waals surface area (Å²) in [6, 6.07) is 0.529. The van der Waals surface area contributed by atoms with Crippen LogP contribution in [0.1, 0.15) is 53.9 Å². The molecule has 0 aromatic carbocycles. The van der Waals surface area contributed by atoms with Gasteiger partial charge in [0.1, 0.15) is 6.29 Å². The van der Waals surface area contributed by atoms with Crippen molar-refractivity contribution in [2.45, 2.75) is 59.9 Å². The molecule has 0 rings (SSSR count). The first-order valence-electron chi connectivity index (χ1n) is 6.13. The Labute approximate surface area is 95.0 Å². The first-order valence-corrected chi connectivity index (χ1v) is 6.13. The van der Waals surface area contributed by atoms with Gasteiger partial charge in [-0.2, -0.15) is 0 Å². The molecule has 0 aromatic heterocycles. The van der Waals surface area contributed by atoms with Crippen molar-refractivity contribution in [1.29, 1.82) is 0 Å². The molecule has 0 amide bonds. The Morgan fingerprint density at radius 2 is 1.87 bits per heavy atom. The standard InChI is InChI=1S/C13H27NO/c1-6-7-8-9-14(12(2)3)10-13(4,5)11-15/h11-12H,6-10H2,1-5H3. The van der Waals surface area contributed by atoms with Crippen LogP contribution >= 0.6 is 0 Å². The lowest BCUT2D eigenvalue weighted by Crippen LogP contribution is -2.40. The van der Waals surface area contributed by atoms with Gasteiger partial charge in [0.2, 0.25) is 0 Å². The molecule has 0 atom stereocenters. The van der Waals surface area contributed by atoms with Crippen molar-refractivity contribution in [3.05, 3.63) is 0 Å². The summed E-state index contributed by atoms with van der Waals surface area (Å²) >= 11 is 0. The molecule has 0 fully saturated rings. The van der Waals surface area contributed by atoms with Crippen LogP contribution in [0.2, 0.25) is 0 Å². The molecule has 0 N–H and O–H groups in total. The minimum absolute atomic E-state index is 0.212. The Balaban J connectivity index is 4.10. The fourth-order valence-corrected chi connectivity index (χ4v) is 1.65. The molecule has 0 aliphatic rings. The zero-order chi connectivity index (χ0) is 11.9. The van der Waals surface area contributed by atoms with E-state index >= 15 is 0 Å². The molecule has 2 heteroatoms. The van der Waals surface area contributed by atoms with Crippen molar-refractivity contribution in [2.24, 2.45) is 5.41 Å². The molecule has 0 aliphatic carbocycles. The smallest absolute Gasteiger partial charge is 0.126 e. The van der Waals surface area contributed by atoms with E-state index in [0.29, 0.717) is 6.04 Å². The number of hydrogen-bond acceptors (Lipinski definition) is 2. The van der Waals surface area contributed by atoms with E-state index < -0.39 is 0 Å². The number of hydrogen-bond donors (Lipinski definition) is 0. The van der Waals surface area contributed by atoms with Gasteiger partial charge in [-0.1, -0.05) is 33.6 Å². The third-order valence-electron chi connectivity index (χ3n) is 2.71. The van der Waals surface area contributed by atoms with Gasteiger partial charge in [-0.05, 0) is 26.8 Å². The maximum absolute atomic E-state index is 10.9. The van der Waals surface area contributed by atoms with Crippen molar-refractivity contribution in [1.82, 2.24) is 4.90 Å². The maximum Gasteiger partial charge on any atom is 0.126 e. The van der Waals surface area contributed by atoms with Crippen LogP contribution in [0.3, 0.4) is 0 Å². The molecular formula is C13H27NO. The average Bonchev–Trinajstić information content (AvgIpc) is 2.16. The van der Waals surface area contributed by atoms with Gasteiger partial charge >= 0.3 is 0 Å². The van der Waals surface area contributed by atoms with E-state index in [1.165, 1.54) is 19.3 Å². The fraction of sp³-hybridized carbons (Fsp3) is 0.923. The minimum Gasteiger partial charge on any atom is -0.303 e. The normalized spacial score (nSPS) is 12.5. The molecule has 0 bridgehead atoms. The number of nitrogens with zero attached hydrogens (tertiary/aromatic N) is 1. The summed E-state index contributed by atoms with van der Waals surface area (Å²) in [5.74, 6) is 0. The maximum atomic E-state index is 10.9. The second-order valence-electron chi connectivity index (χ2n) is 5.38. The highest BCUT2D eigenvalue weighted by Gasteiger charge is 2.22. The molecular weight excluding hydrogens is 186 g/mol. The first kappa shape index (κ1) is 14.6. The van der Waals surface area contributed by atoms with Gasteiger partial charge in [-0.3, -0.25) is 4.90 Å². The van der Waals surface area contributed by atoms with Crippen LogP contribution in [0.25, 0.3) is 0 Å². The number of carbonyl (C=O) groups excluding carboxylic acids is 1. The van der Waals surface area contributed by atoms with Crippen LogP contribution in [-0.2, 0) is 4.79 Å². The quantitative estimate of drug-likeness (QED) is 0.456. The van der Waals surface area contributed by atoms with E-state index in [4.69, 9.17) is 0 Å². The second kappa shape index (κ2) is 7.00. The molecule has 0 saturated heterocycles. The molecule has 0 spiro atoms. The SMILES string of the molecule is CCCCCN(CC(C)(C)C=O)C(C)C. The zero-order valence-electron chi connectivity index (χ0n) is 11.0. The van der Waals surface area contributed by atoms with E-state index in [1.807, 2.05) is 13.8 Å². The Morgan fingerprint density at radius 1 is 1.27 bits per heavy atom. The van der Waals surface area contributed by atoms with E-state index in [1.54, 1.807) is 0 Å². The highest BCUT2D eigenvalue weighted by atomic mass is 16.1. The lowest BCUT2D eigenvalue weighted by Gasteiger charge is -2.32. The van der Waals surface area contributed by atoms with E-state index in [9.17, 15) is 4.79 Å². The monoisotopic (exact) mass is 213 g/mol. The molecule has 15 heavy (non-hydrogen) atoms. The largest absolute Gasteiger partial charge is 0.303 e. The topological polar surface area (TPSA) is 20.3 Å². The van der Waals surface area contributed by atoms with Crippen LogP contribution in [0, 0.1) is 5.41 Å². The highest BCUT2D eigenvalue weighted by molar-refractivity contribution is 5.58. The summed E-state index contributed by atoms with van der Waals surface area (Å²) in [6.07, 6.45) is 4.85. The van der Waals surface area contributed by atoms with E-state index in [0.717, 1.165) is 19.4 Å². The van der Waals surface area contributed by atoms with Crippen LogP contribution in [0.5, 0.6) is 0 Å². The number of unbranched alkanes of at least 4 members (excludes halogenated alkanes) is 2. The Hall–Kier alpha value is -0.370. The Morgan fingerprint density at radius 3 is 2.27 bits per heavy atom. The predicted molar refractivity (Wildman–Crippen MR) is 66.1 cm³/mol. The third kappa shape index (κ3) is 6.67. The zero-order valence-corrected chi connectivity index (χ0v) is 11.0. The molecule has 0 aliphatic heterocycles. The van der Waals surface area contributed by atoms with Gasteiger partial charge < -0.3 is 4.79 Å². The summed E-state index contributed by atoms with van der Waals surface area (Å²) in [5, 5.41) is 0. The number of aldehydes is 1. The Kier molecular flexibility index (Phi) is 6.82. The molecule has 0 radical (unpaired) electrons. The third-order valence-corrected chi connectivity index (χ3v) is 2.71. The van der Waals surface area contributed by atoms with Crippen molar-refractivity contribution in [3.8, 4) is 0 Å². The Bertz CT molecular complexity index is 175. The van der Waals surface area contributed by atoms with Gasteiger partial charge in [0.05, 0.1) is 0 Å². The molecule has 90 valence electrons. The molecule has 0 saturated carbocycles. The summed E-state index contributed by atoms with van der Waals surface area (Å²) in [7, 11) is 0. The highest BCUT2D eigenvalue weighted by Crippen LogP contribution is 2.16. The first-order chi connectivity index (χ1) is 6.93. The van der Waals surface area contributed by atoms with Gasteiger partial charge in [-0.25, -0.2) is 0 Å². The van der Waals surface area contributed by atoms with Crippen LogP contribution in [-0.4, -0.2) is 30.3 Å². The van der Waals surface area contributed by atoms with E-state index in [-0.39, 0.29) is 5.41 Å². The molecule has 0 unspecified atom stereocenters. The summed E-state index contributed by atoms with van der Waals surface area (Å²) < 4.78 is 0. The van der Waals surface area contributed by atoms with Crippen molar-refractivity contribution in [3.63, 3.8) is 0 Å². The lowest BCUT2D eigenvalue weighted by molar-refractivity contribution is -0.115. The van der Waals surface area contributed by atoms with Gasteiger partial charge in [-0.15, -0.1) is 0 Å². The van der Waals surface area contributed by atoms with Gasteiger partial charge in [0.25, 0.3) is 0 Å². The van der Waals surface area contributed by atoms with Crippen molar-refractivity contribution >= 4 is 6.29 Å². The van der Waals surface area contributed by atoms with Crippen LogP contribution in [0.15, 0.2) is 0 Å². The second-order valence-corrected chi connectivity index (χ2v) is 5.38. The van der Waals surface area contributed by atoms with Crippen molar-refractivity contribution < 1.29 is 4.79 Å². The molecule has 2 nitrogen and oxygen atoms in total. The number of carbonyl (C=O) groups is 1.